The minimum atomic E-state index is 0.381. The van der Waals surface area contributed by atoms with Crippen molar-refractivity contribution in [1.29, 1.82) is 0 Å². The van der Waals surface area contributed by atoms with Crippen molar-refractivity contribution in [1.82, 2.24) is 29.9 Å². The number of tetrazole rings is 1. The lowest BCUT2D eigenvalue weighted by Crippen LogP contribution is -2.38. The summed E-state index contributed by atoms with van der Waals surface area (Å²) in [5, 5.41) is 15.7. The van der Waals surface area contributed by atoms with Crippen molar-refractivity contribution in [3.63, 3.8) is 0 Å². The highest BCUT2D eigenvalue weighted by molar-refractivity contribution is 5.81. The predicted molar refractivity (Wildman–Crippen MR) is 104 cm³/mol. The van der Waals surface area contributed by atoms with Gasteiger partial charge < -0.3 is 5.32 Å². The van der Waals surface area contributed by atoms with Gasteiger partial charge in [-0.2, -0.15) is 4.52 Å². The third kappa shape index (κ3) is 3.21. The molecule has 0 radical (unpaired) electrons. The van der Waals surface area contributed by atoms with E-state index in [0.717, 1.165) is 49.3 Å². The van der Waals surface area contributed by atoms with Crippen LogP contribution in [-0.2, 0) is 6.54 Å². The van der Waals surface area contributed by atoms with Crippen molar-refractivity contribution in [3.05, 3.63) is 60.2 Å². The monoisotopic (exact) mass is 359 g/mol. The summed E-state index contributed by atoms with van der Waals surface area (Å²) >= 11 is 0. The number of fused-ring (bicyclic) bond motifs is 3. The zero-order valence-corrected chi connectivity index (χ0v) is 15.0. The Hall–Kier alpha value is -3.06. The molecule has 0 bridgehead atoms. The molecule has 0 spiro atoms. The fourth-order valence-electron chi connectivity index (χ4n) is 3.77. The van der Waals surface area contributed by atoms with E-state index in [-0.39, 0.29) is 0 Å². The summed E-state index contributed by atoms with van der Waals surface area (Å²) in [6.07, 6.45) is 2.16. The molecule has 4 aromatic rings. The van der Waals surface area contributed by atoms with E-state index in [1.807, 2.05) is 24.3 Å². The van der Waals surface area contributed by atoms with Crippen molar-refractivity contribution >= 4 is 22.5 Å². The normalized spacial score (nSPS) is 16.1. The van der Waals surface area contributed by atoms with Crippen molar-refractivity contribution in [2.75, 3.05) is 18.4 Å². The molecule has 3 heterocycles. The first-order valence-electron chi connectivity index (χ1n) is 9.36. The number of hydrogen-bond donors (Lipinski definition) is 1. The summed E-state index contributed by atoms with van der Waals surface area (Å²) in [5.41, 5.74) is 3.86. The van der Waals surface area contributed by atoms with Gasteiger partial charge in [0.05, 0.1) is 11.0 Å². The van der Waals surface area contributed by atoms with Gasteiger partial charge in [0.2, 0.25) is 5.65 Å². The Morgan fingerprint density at radius 1 is 0.963 bits per heavy atom. The van der Waals surface area contributed by atoms with Crippen LogP contribution in [0.25, 0.3) is 16.7 Å². The minimum Gasteiger partial charge on any atom is -0.364 e. The molecule has 0 amide bonds. The van der Waals surface area contributed by atoms with Crippen LogP contribution in [-0.4, -0.2) is 49.1 Å². The van der Waals surface area contributed by atoms with E-state index in [0.29, 0.717) is 11.7 Å². The fraction of sp³-hybridized carbons (Fsp3) is 0.300. The number of rotatable bonds is 4. The first kappa shape index (κ1) is 16.1. The van der Waals surface area contributed by atoms with Crippen molar-refractivity contribution in [3.8, 4) is 0 Å². The molecule has 0 unspecified atom stereocenters. The van der Waals surface area contributed by atoms with Gasteiger partial charge in [0.1, 0.15) is 0 Å². The van der Waals surface area contributed by atoms with Gasteiger partial charge in [-0.3, -0.25) is 4.90 Å². The Morgan fingerprint density at radius 2 is 1.74 bits per heavy atom. The molecule has 1 aliphatic rings. The molecule has 1 saturated heterocycles. The molecule has 7 heteroatoms. The first-order valence-corrected chi connectivity index (χ1v) is 9.36. The first-order chi connectivity index (χ1) is 13.4. The van der Waals surface area contributed by atoms with Crippen LogP contribution in [0.15, 0.2) is 54.6 Å². The van der Waals surface area contributed by atoms with Crippen LogP contribution < -0.4 is 5.32 Å². The molecule has 7 nitrogen and oxygen atoms in total. The molecular weight excluding hydrogens is 338 g/mol. The number of piperidine rings is 1. The lowest BCUT2D eigenvalue weighted by molar-refractivity contribution is 0.211. The van der Waals surface area contributed by atoms with E-state index in [2.05, 4.69) is 56.1 Å². The average Bonchev–Trinajstić information content (AvgIpc) is 3.21. The molecule has 1 fully saturated rings. The van der Waals surface area contributed by atoms with E-state index in [9.17, 15) is 0 Å². The third-order valence-electron chi connectivity index (χ3n) is 5.20. The number of nitrogens with one attached hydrogen (secondary N) is 1. The second-order valence-corrected chi connectivity index (χ2v) is 7.04. The SMILES string of the molecule is c1ccc(CN2CCC(Nc3nc4ccccc4n4nnnc34)CC2)cc1. The molecule has 5 rings (SSSR count). The van der Waals surface area contributed by atoms with E-state index >= 15 is 0 Å². The molecule has 0 atom stereocenters. The van der Waals surface area contributed by atoms with E-state index < -0.39 is 0 Å². The number of para-hydroxylation sites is 2. The largest absolute Gasteiger partial charge is 0.364 e. The molecule has 1 N–H and O–H groups in total. The highest BCUT2D eigenvalue weighted by atomic mass is 15.5. The summed E-state index contributed by atoms with van der Waals surface area (Å²) in [6.45, 7) is 3.16. The van der Waals surface area contributed by atoms with Crippen LogP contribution in [0, 0.1) is 0 Å². The summed E-state index contributed by atoms with van der Waals surface area (Å²) in [4.78, 5) is 7.28. The molecular formula is C20H21N7. The summed E-state index contributed by atoms with van der Waals surface area (Å²) in [5.74, 6) is 0.764. The highest BCUT2D eigenvalue weighted by Gasteiger charge is 2.21. The molecule has 0 aliphatic carbocycles. The number of nitrogens with zero attached hydrogens (tertiary/aromatic N) is 6. The van der Waals surface area contributed by atoms with Crippen LogP contribution in [0.3, 0.4) is 0 Å². The Bertz CT molecular complexity index is 1050. The number of aromatic nitrogens is 5. The molecule has 0 saturated carbocycles. The van der Waals surface area contributed by atoms with Crippen LogP contribution in [0.2, 0.25) is 0 Å². The van der Waals surface area contributed by atoms with E-state index in [4.69, 9.17) is 4.98 Å². The zero-order chi connectivity index (χ0) is 18.1. The van der Waals surface area contributed by atoms with E-state index in [1.54, 1.807) is 4.52 Å². The summed E-state index contributed by atoms with van der Waals surface area (Å²) in [7, 11) is 0. The number of anilines is 1. The van der Waals surface area contributed by atoms with Crippen molar-refractivity contribution in [2.24, 2.45) is 0 Å². The number of likely N-dealkylation sites (tertiary alicyclic amines) is 1. The second-order valence-electron chi connectivity index (χ2n) is 7.04. The van der Waals surface area contributed by atoms with Crippen LogP contribution in [0.5, 0.6) is 0 Å². The minimum absolute atomic E-state index is 0.381. The Balaban J connectivity index is 1.31. The number of benzene rings is 2. The standard InChI is InChI=1S/C20H21N7/c1-2-6-15(7-3-1)14-26-12-10-16(11-13-26)21-19-20-23-24-25-27(20)18-9-5-4-8-17(18)22-19/h1-9,16H,10-14H2,(H,21,22). The predicted octanol–water partition coefficient (Wildman–Crippen LogP) is 2.75. The van der Waals surface area contributed by atoms with Gasteiger partial charge in [-0.05, 0) is 41.0 Å². The average molecular weight is 359 g/mol. The Kier molecular flexibility index (Phi) is 4.14. The number of hydrogen-bond acceptors (Lipinski definition) is 6. The lowest BCUT2D eigenvalue weighted by Gasteiger charge is -2.32. The van der Waals surface area contributed by atoms with Gasteiger partial charge in [-0.1, -0.05) is 42.5 Å². The Morgan fingerprint density at radius 3 is 2.59 bits per heavy atom. The van der Waals surface area contributed by atoms with Crippen molar-refractivity contribution < 1.29 is 0 Å². The topological polar surface area (TPSA) is 71.2 Å². The third-order valence-corrected chi connectivity index (χ3v) is 5.20. The van der Waals surface area contributed by atoms with E-state index in [1.165, 1.54) is 5.56 Å². The van der Waals surface area contributed by atoms with Gasteiger partial charge in [0.25, 0.3) is 0 Å². The maximum Gasteiger partial charge on any atom is 0.222 e. The van der Waals surface area contributed by atoms with Crippen LogP contribution in [0.4, 0.5) is 5.82 Å². The second kappa shape index (κ2) is 6.92. The summed E-state index contributed by atoms with van der Waals surface area (Å²) in [6, 6.07) is 19.0. The molecule has 2 aromatic heterocycles. The smallest absolute Gasteiger partial charge is 0.222 e. The van der Waals surface area contributed by atoms with Crippen molar-refractivity contribution in [2.45, 2.75) is 25.4 Å². The zero-order valence-electron chi connectivity index (χ0n) is 15.0. The molecule has 136 valence electrons. The van der Waals surface area contributed by atoms with Crippen LogP contribution in [0.1, 0.15) is 18.4 Å². The highest BCUT2D eigenvalue weighted by Crippen LogP contribution is 2.22. The van der Waals surface area contributed by atoms with Gasteiger partial charge in [0.15, 0.2) is 5.82 Å². The lowest BCUT2D eigenvalue weighted by atomic mass is 10.0. The van der Waals surface area contributed by atoms with Gasteiger partial charge in [-0.25, -0.2) is 4.98 Å². The fourth-order valence-corrected chi connectivity index (χ4v) is 3.77. The Labute approximate surface area is 157 Å². The molecule has 27 heavy (non-hydrogen) atoms. The maximum atomic E-state index is 4.77. The maximum absolute atomic E-state index is 4.77. The van der Waals surface area contributed by atoms with Crippen LogP contribution >= 0.6 is 0 Å². The molecule has 2 aromatic carbocycles. The van der Waals surface area contributed by atoms with Gasteiger partial charge >= 0.3 is 0 Å². The molecule has 1 aliphatic heterocycles. The van der Waals surface area contributed by atoms with Gasteiger partial charge in [-0.15, -0.1) is 5.10 Å². The summed E-state index contributed by atoms with van der Waals surface area (Å²) < 4.78 is 1.76. The van der Waals surface area contributed by atoms with Gasteiger partial charge in [0, 0.05) is 25.7 Å². The quantitative estimate of drug-likeness (QED) is 0.604.